The van der Waals surface area contributed by atoms with Crippen LogP contribution < -0.4 is 11.1 Å². The van der Waals surface area contributed by atoms with E-state index < -0.39 is 5.91 Å². The molecule has 2 aromatic rings. The number of nitrogens with two attached hydrogens (primary N) is 1. The highest BCUT2D eigenvalue weighted by Crippen LogP contribution is 2.11. The van der Waals surface area contributed by atoms with E-state index in [1.807, 2.05) is 6.07 Å². The maximum atomic E-state index is 11.0. The molecule has 1 aromatic heterocycles. The molecule has 0 spiro atoms. The van der Waals surface area contributed by atoms with E-state index in [0.717, 1.165) is 12.1 Å². The summed E-state index contributed by atoms with van der Waals surface area (Å²) in [6, 6.07) is 11.9. The molecule has 0 saturated heterocycles. The molecule has 0 saturated carbocycles. The van der Waals surface area contributed by atoms with Crippen LogP contribution in [0.15, 0.2) is 42.6 Å². The molecule has 3 N–H and O–H groups in total. The maximum absolute atomic E-state index is 11.0. The second-order valence-corrected chi connectivity index (χ2v) is 4.32. The first-order chi connectivity index (χ1) is 9.19. The minimum Gasteiger partial charge on any atom is -0.381 e. The van der Waals surface area contributed by atoms with Crippen LogP contribution >= 0.6 is 0 Å². The number of carbonyl (C=O) groups is 1. The van der Waals surface area contributed by atoms with Crippen LogP contribution in [0.2, 0.25) is 0 Å². The predicted molar refractivity (Wildman–Crippen MR) is 75.9 cm³/mol. The molecule has 0 atom stereocenters. The molecule has 0 bridgehead atoms. The number of hydrogen-bond acceptors (Lipinski definition) is 3. The van der Waals surface area contributed by atoms with Gasteiger partial charge in [0.25, 0.3) is 5.91 Å². The van der Waals surface area contributed by atoms with Crippen molar-refractivity contribution in [1.29, 1.82) is 0 Å². The van der Waals surface area contributed by atoms with Gasteiger partial charge in [0.15, 0.2) is 0 Å². The van der Waals surface area contributed by atoms with Gasteiger partial charge in [-0.25, -0.2) is 0 Å². The largest absolute Gasteiger partial charge is 0.381 e. The van der Waals surface area contributed by atoms with Gasteiger partial charge >= 0.3 is 0 Å². The van der Waals surface area contributed by atoms with Gasteiger partial charge in [0.2, 0.25) is 0 Å². The summed E-state index contributed by atoms with van der Waals surface area (Å²) >= 11 is 0. The van der Waals surface area contributed by atoms with Crippen molar-refractivity contribution in [3.05, 3.63) is 59.4 Å². The lowest BCUT2D eigenvalue weighted by Crippen LogP contribution is -2.13. The maximum Gasteiger partial charge on any atom is 0.267 e. The third kappa shape index (κ3) is 3.55. The first kappa shape index (κ1) is 13.1. The van der Waals surface area contributed by atoms with Gasteiger partial charge in [0.05, 0.1) is 0 Å². The second-order valence-electron chi connectivity index (χ2n) is 4.32. The van der Waals surface area contributed by atoms with Crippen LogP contribution in [0.25, 0.3) is 0 Å². The number of primary amides is 1. The van der Waals surface area contributed by atoms with Gasteiger partial charge < -0.3 is 11.1 Å². The highest BCUT2D eigenvalue weighted by Gasteiger charge is 2.02. The van der Waals surface area contributed by atoms with Crippen LogP contribution in [0.4, 0.5) is 5.69 Å². The van der Waals surface area contributed by atoms with Gasteiger partial charge in [-0.1, -0.05) is 31.2 Å². The van der Waals surface area contributed by atoms with Gasteiger partial charge in [-0.15, -0.1) is 0 Å². The van der Waals surface area contributed by atoms with Gasteiger partial charge in [-0.2, -0.15) is 0 Å². The zero-order valence-corrected chi connectivity index (χ0v) is 10.9. The molecule has 0 aliphatic carbocycles. The molecule has 1 aromatic carbocycles. The number of hydrogen-bond donors (Lipinski definition) is 2. The van der Waals surface area contributed by atoms with Crippen LogP contribution in [0, 0.1) is 0 Å². The summed E-state index contributed by atoms with van der Waals surface area (Å²) in [6.45, 7) is 2.84. The second kappa shape index (κ2) is 6.00. The molecule has 1 heterocycles. The van der Waals surface area contributed by atoms with Gasteiger partial charge in [-0.05, 0) is 29.7 Å². The number of nitrogens with one attached hydrogen (secondary N) is 1. The monoisotopic (exact) mass is 255 g/mol. The quantitative estimate of drug-likeness (QED) is 0.861. The molecular formula is C15H17N3O. The number of carbonyl (C=O) groups excluding carboxylic acids is 1. The summed E-state index contributed by atoms with van der Waals surface area (Å²) in [7, 11) is 0. The highest BCUT2D eigenvalue weighted by molar-refractivity contribution is 5.91. The molecule has 2 rings (SSSR count). The summed E-state index contributed by atoms with van der Waals surface area (Å²) < 4.78 is 0. The minimum atomic E-state index is -0.518. The first-order valence-electron chi connectivity index (χ1n) is 6.26. The summed E-state index contributed by atoms with van der Waals surface area (Å²) in [5.74, 6) is -0.518. The third-order valence-electron chi connectivity index (χ3n) is 2.94. The molecule has 4 nitrogen and oxygen atoms in total. The lowest BCUT2D eigenvalue weighted by atomic mass is 10.1. The summed E-state index contributed by atoms with van der Waals surface area (Å²) in [5, 5.41) is 3.25. The first-order valence-corrected chi connectivity index (χ1v) is 6.26. The van der Waals surface area contributed by atoms with Crippen molar-refractivity contribution >= 4 is 11.6 Å². The Morgan fingerprint density at radius 3 is 2.53 bits per heavy atom. The van der Waals surface area contributed by atoms with E-state index in [0.29, 0.717) is 6.54 Å². The van der Waals surface area contributed by atoms with E-state index in [1.165, 1.54) is 11.1 Å². The van der Waals surface area contributed by atoms with E-state index in [4.69, 9.17) is 5.73 Å². The van der Waals surface area contributed by atoms with Crippen molar-refractivity contribution in [1.82, 2.24) is 4.98 Å². The Morgan fingerprint density at radius 1 is 1.21 bits per heavy atom. The Labute approximate surface area is 112 Å². The summed E-state index contributed by atoms with van der Waals surface area (Å²) in [4.78, 5) is 14.9. The third-order valence-corrected chi connectivity index (χ3v) is 2.94. The number of aromatic nitrogens is 1. The SMILES string of the molecule is CCc1ccc(CNc2ccnc(C(N)=O)c2)cc1. The van der Waals surface area contributed by atoms with Crippen LogP contribution in [0.5, 0.6) is 0 Å². The fourth-order valence-corrected chi connectivity index (χ4v) is 1.77. The van der Waals surface area contributed by atoms with Gasteiger partial charge in [0, 0.05) is 18.4 Å². The van der Waals surface area contributed by atoms with E-state index in [2.05, 4.69) is 41.5 Å². The molecule has 0 radical (unpaired) electrons. The van der Waals surface area contributed by atoms with Crippen molar-refractivity contribution in [3.63, 3.8) is 0 Å². The van der Waals surface area contributed by atoms with Crippen LogP contribution in [0.1, 0.15) is 28.5 Å². The number of anilines is 1. The van der Waals surface area contributed by atoms with E-state index >= 15 is 0 Å². The fraction of sp³-hybridized carbons (Fsp3) is 0.200. The van der Waals surface area contributed by atoms with E-state index in [-0.39, 0.29) is 5.69 Å². The molecule has 0 aliphatic heterocycles. The molecular weight excluding hydrogens is 238 g/mol. The van der Waals surface area contributed by atoms with Crippen LogP contribution in [-0.2, 0) is 13.0 Å². The normalized spacial score (nSPS) is 10.2. The van der Waals surface area contributed by atoms with Crippen LogP contribution in [0.3, 0.4) is 0 Å². The lowest BCUT2D eigenvalue weighted by Gasteiger charge is -2.07. The van der Waals surface area contributed by atoms with Crippen molar-refractivity contribution in [2.45, 2.75) is 19.9 Å². The molecule has 19 heavy (non-hydrogen) atoms. The number of benzene rings is 1. The zero-order valence-electron chi connectivity index (χ0n) is 10.9. The average molecular weight is 255 g/mol. The van der Waals surface area contributed by atoms with Crippen molar-refractivity contribution in [2.75, 3.05) is 5.32 Å². The molecule has 98 valence electrons. The molecule has 4 heteroatoms. The standard InChI is InChI=1S/C15H17N3O/c1-2-11-3-5-12(6-4-11)10-18-13-7-8-17-14(9-13)15(16)19/h3-9H,2,10H2,1H3,(H2,16,19)(H,17,18). The Morgan fingerprint density at radius 2 is 1.89 bits per heavy atom. The molecule has 1 amide bonds. The van der Waals surface area contributed by atoms with Gasteiger partial charge in [0.1, 0.15) is 5.69 Å². The predicted octanol–water partition coefficient (Wildman–Crippen LogP) is 2.36. The molecule has 0 unspecified atom stereocenters. The number of nitrogens with zero attached hydrogens (tertiary/aromatic N) is 1. The summed E-state index contributed by atoms with van der Waals surface area (Å²) in [6.07, 6.45) is 2.61. The number of aryl methyl sites for hydroxylation is 1. The van der Waals surface area contributed by atoms with Crippen LogP contribution in [-0.4, -0.2) is 10.9 Å². The zero-order chi connectivity index (χ0) is 13.7. The highest BCUT2D eigenvalue weighted by atomic mass is 16.1. The smallest absolute Gasteiger partial charge is 0.267 e. The number of amides is 1. The Bertz CT molecular complexity index is 564. The Balaban J connectivity index is 2.01. The molecule has 0 aliphatic rings. The topological polar surface area (TPSA) is 68.0 Å². The van der Waals surface area contributed by atoms with E-state index in [9.17, 15) is 4.79 Å². The number of pyridine rings is 1. The Hall–Kier alpha value is -2.36. The van der Waals surface area contributed by atoms with Crippen molar-refractivity contribution < 1.29 is 4.79 Å². The lowest BCUT2D eigenvalue weighted by molar-refractivity contribution is 0.0995. The minimum absolute atomic E-state index is 0.270. The summed E-state index contributed by atoms with van der Waals surface area (Å²) in [5.41, 5.74) is 8.81. The van der Waals surface area contributed by atoms with E-state index in [1.54, 1.807) is 12.3 Å². The van der Waals surface area contributed by atoms with Gasteiger partial charge in [-0.3, -0.25) is 9.78 Å². The van der Waals surface area contributed by atoms with Crippen molar-refractivity contribution in [3.8, 4) is 0 Å². The number of rotatable bonds is 5. The fourth-order valence-electron chi connectivity index (χ4n) is 1.77. The van der Waals surface area contributed by atoms with Crippen molar-refractivity contribution in [2.24, 2.45) is 5.73 Å². The molecule has 0 fully saturated rings. The average Bonchev–Trinajstić information content (AvgIpc) is 2.46. The Kier molecular flexibility index (Phi) is 4.13.